The molecule has 0 radical (unpaired) electrons. The third-order valence-corrected chi connectivity index (χ3v) is 6.10. The molecule has 0 unspecified atom stereocenters. The van der Waals surface area contributed by atoms with E-state index in [1.807, 2.05) is 37.3 Å². The molecule has 0 saturated heterocycles. The number of nitrogens with two attached hydrogens (primary N) is 1. The molecule has 0 spiro atoms. The van der Waals surface area contributed by atoms with E-state index in [2.05, 4.69) is 33.7 Å². The van der Waals surface area contributed by atoms with Crippen LogP contribution in [0.15, 0.2) is 48.5 Å². The van der Waals surface area contributed by atoms with E-state index >= 15 is 0 Å². The number of hydrogen-bond acceptors (Lipinski definition) is 5. The van der Waals surface area contributed by atoms with Crippen LogP contribution in [0.1, 0.15) is 39.6 Å². The van der Waals surface area contributed by atoms with E-state index in [9.17, 15) is 4.79 Å². The fraction of sp³-hybridized carbons (Fsp3) is 0.250. The fourth-order valence-corrected chi connectivity index (χ4v) is 4.06. The number of carbonyl (C=O) groups excluding carboxylic acids is 1. The summed E-state index contributed by atoms with van der Waals surface area (Å²) in [6.45, 7) is 2.01. The van der Waals surface area contributed by atoms with Crippen molar-refractivity contribution in [2.75, 3.05) is 5.32 Å². The van der Waals surface area contributed by atoms with Gasteiger partial charge in [0.2, 0.25) is 5.01 Å². The fourth-order valence-electron chi connectivity index (χ4n) is 3.17. The van der Waals surface area contributed by atoms with E-state index < -0.39 is 0 Å². The summed E-state index contributed by atoms with van der Waals surface area (Å²) >= 11 is 1.29. The number of nitrogens with one attached hydrogen (secondary N) is 1. The van der Waals surface area contributed by atoms with E-state index in [0.717, 1.165) is 46.6 Å². The number of carbonyl (C=O) groups is 1. The molecular formula is C20H20N4OS. The number of benzene rings is 2. The van der Waals surface area contributed by atoms with Crippen LogP contribution in [0.2, 0.25) is 0 Å². The Kier molecular flexibility index (Phi) is 4.30. The molecule has 1 aromatic heterocycles. The van der Waals surface area contributed by atoms with Crippen molar-refractivity contribution in [2.24, 2.45) is 5.73 Å². The third kappa shape index (κ3) is 3.02. The number of hydrogen-bond donors (Lipinski definition) is 2. The number of nitrogens with zero attached hydrogens (tertiary/aromatic N) is 2. The molecule has 132 valence electrons. The first-order valence-electron chi connectivity index (χ1n) is 8.66. The van der Waals surface area contributed by atoms with Gasteiger partial charge in [-0.1, -0.05) is 53.8 Å². The summed E-state index contributed by atoms with van der Waals surface area (Å²) in [5.41, 5.74) is 9.90. The molecule has 2 aromatic carbocycles. The van der Waals surface area contributed by atoms with Gasteiger partial charge in [-0.3, -0.25) is 4.79 Å². The van der Waals surface area contributed by atoms with Gasteiger partial charge in [0.15, 0.2) is 0 Å². The van der Waals surface area contributed by atoms with Crippen LogP contribution < -0.4 is 11.1 Å². The van der Waals surface area contributed by atoms with E-state index in [4.69, 9.17) is 5.73 Å². The zero-order valence-electron chi connectivity index (χ0n) is 14.5. The zero-order chi connectivity index (χ0) is 18.1. The number of rotatable bonds is 4. The van der Waals surface area contributed by atoms with E-state index in [1.54, 1.807) is 0 Å². The predicted octanol–water partition coefficient (Wildman–Crippen LogP) is 4.10. The smallest absolute Gasteiger partial charge is 0.286 e. The highest BCUT2D eigenvalue weighted by Crippen LogP contribution is 2.40. The van der Waals surface area contributed by atoms with Crippen LogP contribution in [0.25, 0.3) is 11.1 Å². The monoisotopic (exact) mass is 364 g/mol. The van der Waals surface area contributed by atoms with Gasteiger partial charge >= 0.3 is 0 Å². The van der Waals surface area contributed by atoms with Crippen LogP contribution in [-0.4, -0.2) is 16.1 Å². The molecule has 1 aliphatic rings. The summed E-state index contributed by atoms with van der Waals surface area (Å²) in [6.07, 6.45) is 2.91. The van der Waals surface area contributed by atoms with Crippen molar-refractivity contribution in [2.45, 2.75) is 31.7 Å². The maximum Gasteiger partial charge on any atom is 0.286 e. The van der Waals surface area contributed by atoms with Gasteiger partial charge in [0.05, 0.1) is 5.54 Å². The summed E-state index contributed by atoms with van der Waals surface area (Å²) in [7, 11) is 0. The van der Waals surface area contributed by atoms with Crippen molar-refractivity contribution in [3.63, 3.8) is 0 Å². The Bertz CT molecular complexity index is 947. The lowest BCUT2D eigenvalue weighted by molar-refractivity contribution is 0.102. The van der Waals surface area contributed by atoms with E-state index in [-0.39, 0.29) is 11.4 Å². The second-order valence-electron chi connectivity index (χ2n) is 6.72. The highest BCUT2D eigenvalue weighted by Gasteiger charge is 2.38. The average Bonchev–Trinajstić information content (AvgIpc) is 3.13. The van der Waals surface area contributed by atoms with Gasteiger partial charge in [0, 0.05) is 5.69 Å². The molecule has 26 heavy (non-hydrogen) atoms. The summed E-state index contributed by atoms with van der Waals surface area (Å²) in [6, 6.07) is 16.0. The molecular weight excluding hydrogens is 344 g/mol. The summed E-state index contributed by atoms with van der Waals surface area (Å²) in [5.74, 6) is -0.245. The Hall–Kier alpha value is -2.57. The van der Waals surface area contributed by atoms with Gasteiger partial charge in [0.25, 0.3) is 5.91 Å². The summed E-state index contributed by atoms with van der Waals surface area (Å²) < 4.78 is 0. The first kappa shape index (κ1) is 16.9. The Morgan fingerprint density at radius 1 is 1.12 bits per heavy atom. The molecule has 3 N–H and O–H groups in total. The Labute approximate surface area is 156 Å². The molecule has 1 fully saturated rings. The Morgan fingerprint density at radius 2 is 1.88 bits per heavy atom. The SMILES string of the molecule is Cc1c(NC(=O)c2nnc(C3(N)CCC3)s2)cccc1-c1ccccc1. The van der Waals surface area contributed by atoms with Crippen LogP contribution in [0, 0.1) is 6.92 Å². The van der Waals surface area contributed by atoms with Crippen LogP contribution in [0.4, 0.5) is 5.69 Å². The minimum atomic E-state index is -0.390. The van der Waals surface area contributed by atoms with Gasteiger partial charge in [-0.25, -0.2) is 0 Å². The van der Waals surface area contributed by atoms with Gasteiger partial charge in [-0.2, -0.15) is 0 Å². The van der Waals surface area contributed by atoms with Crippen LogP contribution in [-0.2, 0) is 5.54 Å². The van der Waals surface area contributed by atoms with Gasteiger partial charge < -0.3 is 11.1 Å². The highest BCUT2D eigenvalue weighted by molar-refractivity contribution is 7.13. The maximum atomic E-state index is 12.6. The van der Waals surface area contributed by atoms with Crippen LogP contribution >= 0.6 is 11.3 Å². The molecule has 1 amide bonds. The second kappa shape index (κ2) is 6.63. The molecule has 0 bridgehead atoms. The minimum Gasteiger partial charge on any atom is -0.320 e. The molecule has 1 aliphatic carbocycles. The van der Waals surface area contributed by atoms with Crippen molar-refractivity contribution < 1.29 is 4.79 Å². The molecule has 4 rings (SSSR count). The van der Waals surface area contributed by atoms with E-state index in [0.29, 0.717) is 5.01 Å². The molecule has 6 heteroatoms. The standard InChI is InChI=1S/C20H20N4OS/c1-13-15(14-7-3-2-4-8-14)9-5-10-16(13)22-17(25)18-23-24-19(26-18)20(21)11-6-12-20/h2-5,7-10H,6,11-12,21H2,1H3,(H,22,25). The van der Waals surface area contributed by atoms with Crippen LogP contribution in [0.3, 0.4) is 0 Å². The van der Waals surface area contributed by atoms with Crippen molar-refractivity contribution in [1.29, 1.82) is 0 Å². The molecule has 3 aromatic rings. The quantitative estimate of drug-likeness (QED) is 0.730. The van der Waals surface area contributed by atoms with Crippen molar-refractivity contribution in [3.8, 4) is 11.1 Å². The molecule has 0 atom stereocenters. The highest BCUT2D eigenvalue weighted by atomic mass is 32.1. The van der Waals surface area contributed by atoms with Gasteiger partial charge in [-0.05, 0) is 48.9 Å². The topological polar surface area (TPSA) is 80.9 Å². The first-order chi connectivity index (χ1) is 12.6. The lowest BCUT2D eigenvalue weighted by Gasteiger charge is -2.35. The minimum absolute atomic E-state index is 0.245. The van der Waals surface area contributed by atoms with Crippen molar-refractivity contribution in [1.82, 2.24) is 10.2 Å². The lowest BCUT2D eigenvalue weighted by Crippen LogP contribution is -2.43. The molecule has 0 aliphatic heterocycles. The second-order valence-corrected chi connectivity index (χ2v) is 7.70. The zero-order valence-corrected chi connectivity index (χ0v) is 15.3. The number of anilines is 1. The number of aromatic nitrogens is 2. The Morgan fingerprint density at radius 3 is 2.58 bits per heavy atom. The maximum absolute atomic E-state index is 12.6. The molecule has 1 heterocycles. The largest absolute Gasteiger partial charge is 0.320 e. The lowest BCUT2D eigenvalue weighted by atomic mass is 9.78. The summed E-state index contributed by atoms with van der Waals surface area (Å²) in [4.78, 5) is 12.6. The molecule has 1 saturated carbocycles. The normalized spacial score (nSPS) is 15.3. The third-order valence-electron chi connectivity index (χ3n) is 4.96. The first-order valence-corrected chi connectivity index (χ1v) is 9.48. The Balaban J connectivity index is 1.57. The summed E-state index contributed by atoms with van der Waals surface area (Å²) in [5, 5.41) is 12.3. The van der Waals surface area contributed by atoms with E-state index in [1.165, 1.54) is 11.3 Å². The van der Waals surface area contributed by atoms with Gasteiger partial charge in [0.1, 0.15) is 5.01 Å². The van der Waals surface area contributed by atoms with Crippen molar-refractivity contribution >= 4 is 22.9 Å². The van der Waals surface area contributed by atoms with Crippen LogP contribution in [0.5, 0.6) is 0 Å². The number of amides is 1. The van der Waals surface area contributed by atoms with Gasteiger partial charge in [-0.15, -0.1) is 10.2 Å². The predicted molar refractivity (Wildman–Crippen MR) is 104 cm³/mol. The van der Waals surface area contributed by atoms with Crippen molar-refractivity contribution in [3.05, 3.63) is 64.1 Å². The molecule has 5 nitrogen and oxygen atoms in total. The average molecular weight is 364 g/mol.